The van der Waals surface area contributed by atoms with Gasteiger partial charge in [0.25, 0.3) is 0 Å². The van der Waals surface area contributed by atoms with Crippen LogP contribution in [0.25, 0.3) is 0 Å². The van der Waals surface area contributed by atoms with Gasteiger partial charge in [0.15, 0.2) is 0 Å². The zero-order chi connectivity index (χ0) is 15.1. The summed E-state index contributed by atoms with van der Waals surface area (Å²) in [6, 6.07) is 9.37. The maximum Gasteiger partial charge on any atom is 0.0558 e. The molecule has 0 radical (unpaired) electrons. The van der Waals surface area contributed by atoms with E-state index in [0.717, 1.165) is 39.3 Å². The molecule has 4 nitrogen and oxygen atoms in total. The van der Waals surface area contributed by atoms with E-state index in [1.165, 1.54) is 17.7 Å². The zero-order valence-corrected chi connectivity index (χ0v) is 13.4. The molecule has 118 valence electrons. The summed E-state index contributed by atoms with van der Waals surface area (Å²) in [6.45, 7) is 10.7. The van der Waals surface area contributed by atoms with Crippen molar-refractivity contribution in [3.63, 3.8) is 0 Å². The molecule has 1 atom stereocenters. The number of aliphatic hydroxyl groups excluding tert-OH is 1. The SMILES string of the molecule is CCCNC(C)c1ccc(N2CCN(CCO)CC2)cc1. The Kier molecular flexibility index (Phi) is 6.49. The molecule has 1 unspecified atom stereocenters. The highest BCUT2D eigenvalue weighted by atomic mass is 16.3. The average molecular weight is 291 g/mol. The Morgan fingerprint density at radius 2 is 1.81 bits per heavy atom. The molecule has 0 bridgehead atoms. The van der Waals surface area contributed by atoms with Gasteiger partial charge < -0.3 is 15.3 Å². The first-order valence-electron chi connectivity index (χ1n) is 8.16. The molecule has 0 aliphatic carbocycles. The van der Waals surface area contributed by atoms with Crippen LogP contribution in [0.15, 0.2) is 24.3 Å². The van der Waals surface area contributed by atoms with Crippen molar-refractivity contribution in [2.75, 3.05) is 50.8 Å². The standard InChI is InChI=1S/C17H29N3O/c1-3-8-18-15(2)16-4-6-17(7-5-16)20-11-9-19(10-12-20)13-14-21/h4-7,15,18,21H,3,8-14H2,1-2H3. The largest absolute Gasteiger partial charge is 0.395 e. The Morgan fingerprint density at radius 1 is 1.14 bits per heavy atom. The molecular weight excluding hydrogens is 262 g/mol. The molecule has 1 aliphatic rings. The second-order valence-electron chi connectivity index (χ2n) is 5.82. The number of anilines is 1. The number of rotatable bonds is 7. The van der Waals surface area contributed by atoms with Crippen LogP contribution in [0.3, 0.4) is 0 Å². The molecule has 0 amide bonds. The minimum absolute atomic E-state index is 0.261. The molecule has 21 heavy (non-hydrogen) atoms. The molecule has 1 heterocycles. The van der Waals surface area contributed by atoms with Gasteiger partial charge in [-0.2, -0.15) is 0 Å². The van der Waals surface area contributed by atoms with Crippen LogP contribution in [0.5, 0.6) is 0 Å². The van der Waals surface area contributed by atoms with Gasteiger partial charge in [-0.1, -0.05) is 19.1 Å². The molecule has 0 spiro atoms. The van der Waals surface area contributed by atoms with Gasteiger partial charge in [0, 0.05) is 44.5 Å². The summed E-state index contributed by atoms with van der Waals surface area (Å²) in [5.41, 5.74) is 2.66. The van der Waals surface area contributed by atoms with E-state index in [0.29, 0.717) is 6.04 Å². The smallest absolute Gasteiger partial charge is 0.0558 e. The highest BCUT2D eigenvalue weighted by molar-refractivity contribution is 5.48. The van der Waals surface area contributed by atoms with Crippen LogP contribution in [0.2, 0.25) is 0 Å². The van der Waals surface area contributed by atoms with Crippen molar-refractivity contribution in [1.82, 2.24) is 10.2 Å². The van der Waals surface area contributed by atoms with Crippen LogP contribution < -0.4 is 10.2 Å². The van der Waals surface area contributed by atoms with Crippen LogP contribution in [0.1, 0.15) is 31.9 Å². The fourth-order valence-electron chi connectivity index (χ4n) is 2.82. The average Bonchev–Trinajstić information content (AvgIpc) is 2.54. The number of piperazine rings is 1. The summed E-state index contributed by atoms with van der Waals surface area (Å²) >= 11 is 0. The van der Waals surface area contributed by atoms with Gasteiger partial charge >= 0.3 is 0 Å². The third kappa shape index (κ3) is 4.70. The van der Waals surface area contributed by atoms with Crippen LogP contribution in [0, 0.1) is 0 Å². The molecule has 1 fully saturated rings. The summed E-state index contributed by atoms with van der Waals surface area (Å²) in [6.07, 6.45) is 1.17. The van der Waals surface area contributed by atoms with Gasteiger partial charge in [-0.3, -0.25) is 4.90 Å². The molecule has 0 aromatic heterocycles. The van der Waals surface area contributed by atoms with Crippen molar-refractivity contribution in [1.29, 1.82) is 0 Å². The predicted molar refractivity (Wildman–Crippen MR) is 88.9 cm³/mol. The van der Waals surface area contributed by atoms with Crippen molar-refractivity contribution in [2.24, 2.45) is 0 Å². The molecule has 2 rings (SSSR count). The summed E-state index contributed by atoms with van der Waals surface area (Å²) in [7, 11) is 0. The normalized spacial score (nSPS) is 18.0. The molecule has 1 aromatic carbocycles. The zero-order valence-electron chi connectivity index (χ0n) is 13.4. The summed E-state index contributed by atoms with van der Waals surface area (Å²) < 4.78 is 0. The molecule has 1 saturated heterocycles. The van der Waals surface area contributed by atoms with E-state index in [1.54, 1.807) is 0 Å². The number of hydrogen-bond acceptors (Lipinski definition) is 4. The van der Waals surface area contributed by atoms with Crippen molar-refractivity contribution < 1.29 is 5.11 Å². The first-order valence-corrected chi connectivity index (χ1v) is 8.16. The number of β-amino-alcohol motifs (C(OH)–C–C–N with tert-alkyl or cyclic N) is 1. The Balaban J connectivity index is 1.88. The Hall–Kier alpha value is -1.10. The topological polar surface area (TPSA) is 38.7 Å². The van der Waals surface area contributed by atoms with Crippen LogP contribution >= 0.6 is 0 Å². The third-order valence-corrected chi connectivity index (χ3v) is 4.25. The maximum atomic E-state index is 8.98. The fraction of sp³-hybridized carbons (Fsp3) is 0.647. The minimum Gasteiger partial charge on any atom is -0.395 e. The Morgan fingerprint density at radius 3 is 2.38 bits per heavy atom. The van der Waals surface area contributed by atoms with Crippen molar-refractivity contribution in [2.45, 2.75) is 26.3 Å². The number of nitrogens with one attached hydrogen (secondary N) is 1. The number of hydrogen-bond donors (Lipinski definition) is 2. The van der Waals surface area contributed by atoms with Gasteiger partial charge in [0.2, 0.25) is 0 Å². The summed E-state index contributed by atoms with van der Waals surface area (Å²) in [5.74, 6) is 0. The monoisotopic (exact) mass is 291 g/mol. The van der Waals surface area contributed by atoms with Crippen molar-refractivity contribution in [3.8, 4) is 0 Å². The lowest BCUT2D eigenvalue weighted by Gasteiger charge is -2.35. The maximum absolute atomic E-state index is 8.98. The Bertz CT molecular complexity index is 399. The number of nitrogens with zero attached hydrogens (tertiary/aromatic N) is 2. The van der Waals surface area contributed by atoms with E-state index < -0.39 is 0 Å². The van der Waals surface area contributed by atoms with E-state index >= 15 is 0 Å². The van der Waals surface area contributed by atoms with Crippen LogP contribution in [-0.2, 0) is 0 Å². The molecular formula is C17H29N3O. The van der Waals surface area contributed by atoms with Gasteiger partial charge in [0.1, 0.15) is 0 Å². The van der Waals surface area contributed by atoms with E-state index in [9.17, 15) is 0 Å². The van der Waals surface area contributed by atoms with Gasteiger partial charge in [0.05, 0.1) is 6.61 Å². The lowest BCUT2D eigenvalue weighted by molar-refractivity contribution is 0.189. The first-order chi connectivity index (χ1) is 10.2. The first kappa shape index (κ1) is 16.3. The minimum atomic E-state index is 0.261. The fourth-order valence-corrected chi connectivity index (χ4v) is 2.82. The van der Waals surface area contributed by atoms with Gasteiger partial charge in [-0.25, -0.2) is 0 Å². The third-order valence-electron chi connectivity index (χ3n) is 4.25. The summed E-state index contributed by atoms with van der Waals surface area (Å²) in [5, 5.41) is 12.5. The van der Waals surface area contributed by atoms with E-state index in [-0.39, 0.29) is 6.61 Å². The molecule has 4 heteroatoms. The quantitative estimate of drug-likeness (QED) is 0.804. The van der Waals surface area contributed by atoms with E-state index in [1.807, 2.05) is 0 Å². The molecule has 2 N–H and O–H groups in total. The second-order valence-corrected chi connectivity index (χ2v) is 5.82. The molecule has 1 aromatic rings. The lowest BCUT2D eigenvalue weighted by atomic mass is 10.1. The van der Waals surface area contributed by atoms with E-state index in [2.05, 4.69) is 53.2 Å². The predicted octanol–water partition coefficient (Wildman–Crippen LogP) is 1.86. The van der Waals surface area contributed by atoms with Crippen molar-refractivity contribution >= 4 is 5.69 Å². The lowest BCUT2D eigenvalue weighted by Crippen LogP contribution is -2.47. The number of benzene rings is 1. The van der Waals surface area contributed by atoms with Crippen molar-refractivity contribution in [3.05, 3.63) is 29.8 Å². The van der Waals surface area contributed by atoms with Crippen LogP contribution in [0.4, 0.5) is 5.69 Å². The highest BCUT2D eigenvalue weighted by Crippen LogP contribution is 2.20. The number of aliphatic hydroxyl groups is 1. The van der Waals surface area contributed by atoms with Crippen LogP contribution in [-0.4, -0.2) is 55.9 Å². The second kappa shape index (κ2) is 8.37. The molecule has 0 saturated carbocycles. The Labute approximate surface area is 128 Å². The van der Waals surface area contributed by atoms with E-state index in [4.69, 9.17) is 5.11 Å². The highest BCUT2D eigenvalue weighted by Gasteiger charge is 2.16. The van der Waals surface area contributed by atoms with Gasteiger partial charge in [-0.05, 0) is 37.6 Å². The van der Waals surface area contributed by atoms with Gasteiger partial charge in [-0.15, -0.1) is 0 Å². The summed E-state index contributed by atoms with van der Waals surface area (Å²) in [4.78, 5) is 4.75. The molecule has 1 aliphatic heterocycles.